The summed E-state index contributed by atoms with van der Waals surface area (Å²) >= 11 is 3.20. The van der Waals surface area contributed by atoms with E-state index in [1.54, 1.807) is 6.20 Å². The summed E-state index contributed by atoms with van der Waals surface area (Å²) in [7, 11) is 0. The van der Waals surface area contributed by atoms with Crippen molar-refractivity contribution >= 4 is 15.9 Å². The molecular weight excluding hydrogens is 232 g/mol. The fourth-order valence-electron chi connectivity index (χ4n) is 1.69. The number of halogens is 1. The molecule has 0 saturated carbocycles. The molecule has 0 unspecified atom stereocenters. The maximum atomic E-state index is 5.35. The van der Waals surface area contributed by atoms with Crippen LogP contribution in [0.2, 0.25) is 0 Å². The third-order valence-corrected chi connectivity index (χ3v) is 2.72. The minimum absolute atomic E-state index is 0.583. The Balaban J connectivity index is 1.89. The van der Waals surface area contributed by atoms with Crippen LogP contribution in [0.5, 0.6) is 0 Å². The van der Waals surface area contributed by atoms with Crippen molar-refractivity contribution in [2.75, 3.05) is 13.1 Å². The largest absolute Gasteiger partial charge is 0.435 e. The third-order valence-electron chi connectivity index (χ3n) is 2.35. The molecule has 0 N–H and O–H groups in total. The average molecular weight is 245 g/mol. The van der Waals surface area contributed by atoms with Gasteiger partial charge in [-0.05, 0) is 25.9 Å². The van der Waals surface area contributed by atoms with Crippen LogP contribution in [0.1, 0.15) is 25.0 Å². The monoisotopic (exact) mass is 244 g/mol. The molecule has 0 amide bonds. The molecule has 1 saturated heterocycles. The summed E-state index contributed by atoms with van der Waals surface area (Å²) in [6.07, 6.45) is 5.79. The Morgan fingerprint density at radius 1 is 1.38 bits per heavy atom. The first-order chi connectivity index (χ1) is 6.34. The first-order valence-corrected chi connectivity index (χ1v) is 5.46. The van der Waals surface area contributed by atoms with Gasteiger partial charge in [0.15, 0.2) is 0 Å². The van der Waals surface area contributed by atoms with Crippen molar-refractivity contribution in [3.63, 3.8) is 0 Å². The highest BCUT2D eigenvalue weighted by Crippen LogP contribution is 2.15. The lowest BCUT2D eigenvalue weighted by molar-refractivity contribution is 0.204. The second-order valence-corrected chi connectivity index (χ2v) is 4.09. The lowest BCUT2D eigenvalue weighted by Crippen LogP contribution is -2.28. The summed E-state index contributed by atoms with van der Waals surface area (Å²) < 4.78 is 5.35. The molecule has 0 aliphatic carbocycles. The summed E-state index contributed by atoms with van der Waals surface area (Å²) in [5.74, 6) is 0.953. The van der Waals surface area contributed by atoms with Crippen LogP contribution >= 0.6 is 15.9 Å². The Labute approximate surface area is 86.3 Å². The van der Waals surface area contributed by atoms with E-state index in [1.165, 1.54) is 32.4 Å². The van der Waals surface area contributed by atoms with E-state index in [4.69, 9.17) is 4.42 Å². The van der Waals surface area contributed by atoms with Crippen molar-refractivity contribution in [3.05, 3.63) is 16.8 Å². The average Bonchev–Trinajstić information content (AvgIpc) is 2.53. The van der Waals surface area contributed by atoms with Gasteiger partial charge in [-0.1, -0.05) is 6.42 Å². The van der Waals surface area contributed by atoms with Gasteiger partial charge in [0.05, 0.1) is 12.7 Å². The molecule has 2 heterocycles. The first-order valence-electron chi connectivity index (χ1n) is 4.67. The third kappa shape index (κ3) is 2.54. The molecule has 4 heteroatoms. The lowest BCUT2D eigenvalue weighted by Gasteiger charge is -2.24. The zero-order valence-corrected chi connectivity index (χ0v) is 9.09. The molecule has 1 aliphatic heterocycles. The molecule has 0 aromatic carbocycles. The van der Waals surface area contributed by atoms with Gasteiger partial charge in [-0.25, -0.2) is 4.98 Å². The number of rotatable bonds is 2. The summed E-state index contributed by atoms with van der Waals surface area (Å²) in [4.78, 5) is 7.00. The molecule has 13 heavy (non-hydrogen) atoms. The van der Waals surface area contributed by atoms with Crippen LogP contribution in [0.3, 0.4) is 0 Å². The summed E-state index contributed by atoms with van der Waals surface area (Å²) in [6, 6.07) is 0. The van der Waals surface area contributed by atoms with Crippen molar-refractivity contribution in [3.8, 4) is 0 Å². The predicted molar refractivity (Wildman–Crippen MR) is 53.3 cm³/mol. The van der Waals surface area contributed by atoms with Gasteiger partial charge in [0.2, 0.25) is 0 Å². The van der Waals surface area contributed by atoms with Crippen LogP contribution in [-0.2, 0) is 6.54 Å². The lowest BCUT2D eigenvalue weighted by atomic mass is 10.1. The number of likely N-dealkylation sites (tertiary alicyclic amines) is 1. The van der Waals surface area contributed by atoms with Crippen LogP contribution in [-0.4, -0.2) is 23.0 Å². The van der Waals surface area contributed by atoms with Gasteiger partial charge in [-0.3, -0.25) is 4.90 Å². The summed E-state index contributed by atoms with van der Waals surface area (Å²) in [5.41, 5.74) is 0. The molecule has 0 bridgehead atoms. The van der Waals surface area contributed by atoms with Crippen molar-refractivity contribution in [1.82, 2.24) is 9.88 Å². The molecule has 0 spiro atoms. The maximum Gasteiger partial charge on any atom is 0.264 e. The minimum atomic E-state index is 0.583. The molecule has 2 rings (SSSR count). The molecule has 72 valence electrons. The fraction of sp³-hybridized carbons (Fsp3) is 0.667. The van der Waals surface area contributed by atoms with E-state index >= 15 is 0 Å². The van der Waals surface area contributed by atoms with E-state index in [-0.39, 0.29) is 0 Å². The summed E-state index contributed by atoms with van der Waals surface area (Å²) in [5, 5.41) is 0. The zero-order valence-electron chi connectivity index (χ0n) is 7.50. The number of nitrogens with zero attached hydrogens (tertiary/aromatic N) is 2. The summed E-state index contributed by atoms with van der Waals surface area (Å²) in [6.45, 7) is 3.29. The van der Waals surface area contributed by atoms with E-state index in [2.05, 4.69) is 25.8 Å². The molecule has 1 aromatic rings. The minimum Gasteiger partial charge on any atom is -0.435 e. The number of aromatic nitrogens is 1. The highest BCUT2D eigenvalue weighted by atomic mass is 79.9. The van der Waals surface area contributed by atoms with Crippen molar-refractivity contribution in [2.24, 2.45) is 0 Å². The highest BCUT2D eigenvalue weighted by molar-refractivity contribution is 9.10. The van der Waals surface area contributed by atoms with Crippen molar-refractivity contribution in [2.45, 2.75) is 25.8 Å². The smallest absolute Gasteiger partial charge is 0.264 e. The number of oxazole rings is 1. The zero-order chi connectivity index (χ0) is 9.10. The van der Waals surface area contributed by atoms with Crippen LogP contribution < -0.4 is 0 Å². The Kier molecular flexibility index (Phi) is 3.01. The molecule has 3 nitrogen and oxygen atoms in total. The second-order valence-electron chi connectivity index (χ2n) is 3.42. The second kappa shape index (κ2) is 4.24. The van der Waals surface area contributed by atoms with Crippen LogP contribution in [0.4, 0.5) is 0 Å². The fourth-order valence-corrected chi connectivity index (χ4v) is 2.00. The number of piperidine rings is 1. The topological polar surface area (TPSA) is 29.3 Å². The molecule has 1 aliphatic rings. The maximum absolute atomic E-state index is 5.35. The standard InChI is InChI=1S/C9H13BrN2O/c10-9-11-6-8(13-9)7-12-4-2-1-3-5-12/h6H,1-5,7H2. The normalized spacial score (nSPS) is 19.2. The Hall–Kier alpha value is -0.350. The highest BCUT2D eigenvalue weighted by Gasteiger charge is 2.12. The predicted octanol–water partition coefficient (Wildman–Crippen LogP) is 2.42. The molecule has 0 atom stereocenters. The van der Waals surface area contributed by atoms with E-state index in [1.807, 2.05) is 0 Å². The van der Waals surface area contributed by atoms with Crippen molar-refractivity contribution < 1.29 is 4.42 Å². The SMILES string of the molecule is Brc1ncc(CN2CCCCC2)o1. The van der Waals surface area contributed by atoms with E-state index in [9.17, 15) is 0 Å². The van der Waals surface area contributed by atoms with Gasteiger partial charge in [0.1, 0.15) is 5.76 Å². The van der Waals surface area contributed by atoms with Crippen LogP contribution in [0.15, 0.2) is 15.4 Å². The number of hydrogen-bond donors (Lipinski definition) is 0. The molecule has 1 aromatic heterocycles. The van der Waals surface area contributed by atoms with Crippen LogP contribution in [0, 0.1) is 0 Å². The number of hydrogen-bond acceptors (Lipinski definition) is 3. The Morgan fingerprint density at radius 3 is 2.77 bits per heavy atom. The first kappa shape index (κ1) is 9.21. The van der Waals surface area contributed by atoms with Crippen molar-refractivity contribution in [1.29, 1.82) is 0 Å². The van der Waals surface area contributed by atoms with Gasteiger partial charge in [0.25, 0.3) is 4.80 Å². The molecular formula is C9H13BrN2O. The van der Waals surface area contributed by atoms with E-state index in [0.717, 1.165) is 12.3 Å². The van der Waals surface area contributed by atoms with Gasteiger partial charge in [-0.15, -0.1) is 0 Å². The van der Waals surface area contributed by atoms with Gasteiger partial charge < -0.3 is 4.42 Å². The molecule has 0 radical (unpaired) electrons. The van der Waals surface area contributed by atoms with E-state index < -0.39 is 0 Å². The quantitative estimate of drug-likeness (QED) is 0.801. The molecule has 1 fully saturated rings. The Morgan fingerprint density at radius 2 is 2.15 bits per heavy atom. The Bertz CT molecular complexity index is 268. The van der Waals surface area contributed by atoms with Gasteiger partial charge >= 0.3 is 0 Å². The van der Waals surface area contributed by atoms with Crippen LogP contribution in [0.25, 0.3) is 0 Å². The van der Waals surface area contributed by atoms with Gasteiger partial charge in [-0.2, -0.15) is 0 Å². The van der Waals surface area contributed by atoms with E-state index in [0.29, 0.717) is 4.80 Å². The van der Waals surface area contributed by atoms with Gasteiger partial charge in [0, 0.05) is 15.9 Å².